The smallest absolute Gasteiger partial charge is 0.226 e. The Kier molecular flexibility index (Phi) is 8.61. The third-order valence-electron chi connectivity index (χ3n) is 3.76. The van der Waals surface area contributed by atoms with Crippen LogP contribution in [0.4, 0.5) is 0 Å². The van der Waals surface area contributed by atoms with Crippen LogP contribution >= 0.6 is 24.0 Å². The van der Waals surface area contributed by atoms with Crippen LogP contribution in [0.3, 0.4) is 0 Å². The number of ether oxygens (including phenoxy) is 1. The maximum Gasteiger partial charge on any atom is 0.226 e. The minimum Gasteiger partial charge on any atom is -0.493 e. The Morgan fingerprint density at radius 3 is 2.82 bits per heavy atom. The van der Waals surface area contributed by atoms with Crippen LogP contribution in [0.1, 0.15) is 19.3 Å². The Morgan fingerprint density at radius 1 is 1.41 bits per heavy atom. The summed E-state index contributed by atoms with van der Waals surface area (Å²) in [5.41, 5.74) is 0. The molecule has 1 unspecified atom stereocenters. The lowest BCUT2D eigenvalue weighted by molar-refractivity contribution is -0.133. The zero-order valence-electron chi connectivity index (χ0n) is 12.9. The molecule has 1 aliphatic rings. The van der Waals surface area contributed by atoms with E-state index in [1.807, 2.05) is 24.1 Å². The van der Waals surface area contributed by atoms with E-state index in [0.717, 1.165) is 31.8 Å². The van der Waals surface area contributed by atoms with Crippen LogP contribution in [0, 0.1) is 5.92 Å². The Labute approximate surface area is 143 Å². The van der Waals surface area contributed by atoms with Crippen LogP contribution in [0.15, 0.2) is 24.3 Å². The average Bonchev–Trinajstić information content (AvgIpc) is 2.50. The molecule has 1 aromatic rings. The van der Waals surface area contributed by atoms with Crippen molar-refractivity contribution in [3.05, 3.63) is 29.3 Å². The third-order valence-corrected chi connectivity index (χ3v) is 4.01. The number of piperidine rings is 1. The highest BCUT2D eigenvalue weighted by Gasteiger charge is 2.22. The topological polar surface area (TPSA) is 41.6 Å². The normalized spacial score (nSPS) is 17.7. The van der Waals surface area contributed by atoms with Crippen molar-refractivity contribution in [1.82, 2.24) is 10.2 Å². The van der Waals surface area contributed by atoms with Crippen LogP contribution < -0.4 is 10.1 Å². The molecule has 1 N–H and O–H groups in total. The van der Waals surface area contributed by atoms with E-state index in [2.05, 4.69) is 5.32 Å². The molecule has 0 aliphatic carbocycles. The van der Waals surface area contributed by atoms with Crippen LogP contribution in [0.25, 0.3) is 0 Å². The summed E-state index contributed by atoms with van der Waals surface area (Å²) in [5, 5.41) is 3.88. The number of hydrogen-bond donors (Lipinski definition) is 1. The fourth-order valence-corrected chi connectivity index (χ4v) is 2.82. The molecule has 22 heavy (non-hydrogen) atoms. The summed E-state index contributed by atoms with van der Waals surface area (Å²) in [6.07, 6.45) is 2.72. The standard InChI is InChI=1S/C16H23ClN2O2.ClH/c1-18-11-13-3-2-9-19(12-13)16(20)8-10-21-15-6-4-14(17)5-7-15;/h4-7,13,18H,2-3,8-12H2,1H3;1H. The first-order valence-electron chi connectivity index (χ1n) is 7.50. The highest BCUT2D eigenvalue weighted by atomic mass is 35.5. The third kappa shape index (κ3) is 6.03. The summed E-state index contributed by atoms with van der Waals surface area (Å²) < 4.78 is 5.58. The van der Waals surface area contributed by atoms with Gasteiger partial charge in [-0.3, -0.25) is 4.79 Å². The summed E-state index contributed by atoms with van der Waals surface area (Å²) in [6, 6.07) is 7.20. The molecule has 4 nitrogen and oxygen atoms in total. The molecule has 0 bridgehead atoms. The van der Waals surface area contributed by atoms with Crippen molar-refractivity contribution in [1.29, 1.82) is 0 Å². The minimum atomic E-state index is 0. The highest BCUT2D eigenvalue weighted by molar-refractivity contribution is 6.30. The van der Waals surface area contributed by atoms with E-state index in [1.165, 1.54) is 6.42 Å². The van der Waals surface area contributed by atoms with E-state index in [9.17, 15) is 4.79 Å². The lowest BCUT2D eigenvalue weighted by Gasteiger charge is -2.32. The molecule has 0 aromatic heterocycles. The summed E-state index contributed by atoms with van der Waals surface area (Å²) in [4.78, 5) is 14.2. The lowest BCUT2D eigenvalue weighted by Crippen LogP contribution is -2.42. The molecule has 1 heterocycles. The van der Waals surface area contributed by atoms with Crippen molar-refractivity contribution in [2.75, 3.05) is 33.3 Å². The fourth-order valence-electron chi connectivity index (χ4n) is 2.69. The number of rotatable bonds is 6. The molecular formula is C16H24Cl2N2O2. The molecule has 1 atom stereocenters. The van der Waals surface area contributed by atoms with E-state index in [1.54, 1.807) is 12.1 Å². The van der Waals surface area contributed by atoms with Gasteiger partial charge in [-0.25, -0.2) is 0 Å². The maximum atomic E-state index is 12.2. The van der Waals surface area contributed by atoms with Gasteiger partial charge in [-0.1, -0.05) is 11.6 Å². The van der Waals surface area contributed by atoms with Crippen LogP contribution in [-0.4, -0.2) is 44.1 Å². The van der Waals surface area contributed by atoms with E-state index < -0.39 is 0 Å². The number of hydrogen-bond acceptors (Lipinski definition) is 3. The van der Waals surface area contributed by atoms with E-state index >= 15 is 0 Å². The van der Waals surface area contributed by atoms with E-state index in [4.69, 9.17) is 16.3 Å². The second kappa shape index (κ2) is 9.93. The van der Waals surface area contributed by atoms with Gasteiger partial charge in [0.15, 0.2) is 0 Å². The summed E-state index contributed by atoms with van der Waals surface area (Å²) in [5.74, 6) is 1.51. The van der Waals surface area contributed by atoms with Crippen LogP contribution in [-0.2, 0) is 4.79 Å². The average molecular weight is 347 g/mol. The molecule has 2 rings (SSSR count). The lowest BCUT2D eigenvalue weighted by atomic mass is 9.98. The SMILES string of the molecule is CNCC1CCCN(C(=O)CCOc2ccc(Cl)cc2)C1.Cl. The van der Waals surface area contributed by atoms with Crippen LogP contribution in [0.5, 0.6) is 5.75 Å². The number of benzene rings is 1. The van der Waals surface area contributed by atoms with Gasteiger partial charge >= 0.3 is 0 Å². The van der Waals surface area contributed by atoms with Gasteiger partial charge in [0.05, 0.1) is 13.0 Å². The second-order valence-corrected chi connectivity index (χ2v) is 5.89. The largest absolute Gasteiger partial charge is 0.493 e. The molecule has 1 aliphatic heterocycles. The predicted octanol–water partition coefficient (Wildman–Crippen LogP) is 2.99. The molecular weight excluding hydrogens is 323 g/mol. The first-order valence-corrected chi connectivity index (χ1v) is 7.87. The number of nitrogens with zero attached hydrogens (tertiary/aromatic N) is 1. The molecule has 1 aromatic carbocycles. The minimum absolute atomic E-state index is 0. The molecule has 124 valence electrons. The van der Waals surface area contributed by atoms with Gasteiger partial charge in [0.1, 0.15) is 5.75 Å². The first kappa shape index (κ1) is 19.1. The van der Waals surface area contributed by atoms with Crippen molar-refractivity contribution in [3.8, 4) is 5.75 Å². The van der Waals surface area contributed by atoms with Crippen molar-refractivity contribution in [2.24, 2.45) is 5.92 Å². The van der Waals surface area contributed by atoms with Gasteiger partial charge in [0, 0.05) is 18.1 Å². The van der Waals surface area contributed by atoms with Crippen molar-refractivity contribution in [2.45, 2.75) is 19.3 Å². The van der Waals surface area contributed by atoms with Crippen molar-refractivity contribution < 1.29 is 9.53 Å². The predicted molar refractivity (Wildman–Crippen MR) is 92.0 cm³/mol. The fraction of sp³-hybridized carbons (Fsp3) is 0.562. The highest BCUT2D eigenvalue weighted by Crippen LogP contribution is 2.18. The van der Waals surface area contributed by atoms with Gasteiger partial charge in [-0.2, -0.15) is 0 Å². The number of amides is 1. The van der Waals surface area contributed by atoms with Gasteiger partial charge in [-0.05, 0) is 56.6 Å². The van der Waals surface area contributed by atoms with E-state index in [-0.39, 0.29) is 18.3 Å². The Morgan fingerprint density at radius 2 is 2.14 bits per heavy atom. The number of carbonyl (C=O) groups excluding carboxylic acids is 1. The summed E-state index contributed by atoms with van der Waals surface area (Å²) in [6.45, 7) is 3.12. The monoisotopic (exact) mass is 346 g/mol. The number of halogens is 2. The first-order chi connectivity index (χ1) is 10.2. The number of likely N-dealkylation sites (tertiary alicyclic amines) is 1. The molecule has 1 saturated heterocycles. The van der Waals surface area contributed by atoms with E-state index in [0.29, 0.717) is 24.0 Å². The van der Waals surface area contributed by atoms with Crippen molar-refractivity contribution in [3.63, 3.8) is 0 Å². The molecule has 0 spiro atoms. The summed E-state index contributed by atoms with van der Waals surface area (Å²) in [7, 11) is 1.96. The zero-order chi connectivity index (χ0) is 15.1. The zero-order valence-corrected chi connectivity index (χ0v) is 14.5. The van der Waals surface area contributed by atoms with Gasteiger partial charge in [-0.15, -0.1) is 12.4 Å². The Balaban J connectivity index is 0.00000242. The Bertz CT molecular complexity index is 452. The second-order valence-electron chi connectivity index (χ2n) is 5.46. The molecule has 6 heteroatoms. The van der Waals surface area contributed by atoms with Gasteiger partial charge in [0.25, 0.3) is 0 Å². The van der Waals surface area contributed by atoms with Gasteiger partial charge < -0.3 is 15.0 Å². The number of carbonyl (C=O) groups is 1. The summed E-state index contributed by atoms with van der Waals surface area (Å²) >= 11 is 5.82. The van der Waals surface area contributed by atoms with Crippen molar-refractivity contribution >= 4 is 29.9 Å². The van der Waals surface area contributed by atoms with Crippen LogP contribution in [0.2, 0.25) is 5.02 Å². The quantitative estimate of drug-likeness (QED) is 0.860. The number of nitrogens with one attached hydrogen (secondary N) is 1. The molecule has 0 saturated carbocycles. The van der Waals surface area contributed by atoms with Gasteiger partial charge in [0.2, 0.25) is 5.91 Å². The molecule has 1 amide bonds. The molecule has 1 fully saturated rings. The maximum absolute atomic E-state index is 12.2. The Hall–Kier alpha value is -0.970. The molecule has 0 radical (unpaired) electrons.